The zero-order valence-corrected chi connectivity index (χ0v) is 12.2. The number of ether oxygens (including phenoxy) is 1. The Bertz CT molecular complexity index is 349. The van der Waals surface area contributed by atoms with E-state index in [0.717, 1.165) is 34.5 Å². The molecule has 0 fully saturated rings. The Labute approximate surface area is 116 Å². The molecule has 0 spiro atoms. The minimum atomic E-state index is 0.0835. The molecule has 0 heterocycles. The predicted octanol–water partition coefficient (Wildman–Crippen LogP) is 2.90. The third-order valence-corrected chi connectivity index (χ3v) is 3.23. The van der Waals surface area contributed by atoms with Crippen LogP contribution in [-0.2, 0) is 11.2 Å². The third-order valence-electron chi connectivity index (χ3n) is 2.38. The Morgan fingerprint density at radius 2 is 2.29 bits per heavy atom. The zero-order valence-electron chi connectivity index (χ0n) is 9.88. The van der Waals surface area contributed by atoms with Crippen LogP contribution in [0.4, 0.5) is 0 Å². The van der Waals surface area contributed by atoms with Gasteiger partial charge >= 0.3 is 0 Å². The average Bonchev–Trinajstić information content (AvgIpc) is 2.31. The van der Waals surface area contributed by atoms with Gasteiger partial charge in [0.15, 0.2) is 0 Å². The first-order chi connectivity index (χ1) is 8.17. The molecule has 1 aromatic rings. The molecule has 96 valence electrons. The second-order valence-electron chi connectivity index (χ2n) is 3.88. The van der Waals surface area contributed by atoms with Gasteiger partial charge in [-0.3, -0.25) is 11.3 Å². The smallest absolute Gasteiger partial charge is 0.0636 e. The second kappa shape index (κ2) is 8.06. The molecule has 0 aliphatic rings. The number of nitrogens with two attached hydrogens (primary N) is 1. The summed E-state index contributed by atoms with van der Waals surface area (Å²) >= 11 is 9.53. The van der Waals surface area contributed by atoms with E-state index in [4.69, 9.17) is 22.2 Å². The van der Waals surface area contributed by atoms with Crippen molar-refractivity contribution in [3.8, 4) is 0 Å². The molecule has 1 unspecified atom stereocenters. The first-order valence-electron chi connectivity index (χ1n) is 5.65. The number of hydrazine groups is 1. The van der Waals surface area contributed by atoms with Crippen molar-refractivity contribution in [2.75, 3.05) is 13.2 Å². The Morgan fingerprint density at radius 1 is 1.53 bits per heavy atom. The summed E-state index contributed by atoms with van der Waals surface area (Å²) in [5.41, 5.74) is 3.82. The van der Waals surface area contributed by atoms with Crippen molar-refractivity contribution >= 4 is 27.5 Å². The molecule has 0 aliphatic carbocycles. The average molecular weight is 322 g/mol. The van der Waals surface area contributed by atoms with Gasteiger partial charge in [-0.2, -0.15) is 0 Å². The van der Waals surface area contributed by atoms with E-state index in [1.807, 2.05) is 18.2 Å². The van der Waals surface area contributed by atoms with E-state index in [9.17, 15) is 0 Å². The SMILES string of the molecule is CCCOCC(Cc1ccc(Br)cc1Cl)NN. The fourth-order valence-corrected chi connectivity index (χ4v) is 2.24. The third kappa shape index (κ3) is 5.36. The summed E-state index contributed by atoms with van der Waals surface area (Å²) in [7, 11) is 0. The van der Waals surface area contributed by atoms with E-state index in [0.29, 0.717) is 6.61 Å². The minimum Gasteiger partial charge on any atom is -0.380 e. The number of nitrogens with one attached hydrogen (secondary N) is 1. The first-order valence-corrected chi connectivity index (χ1v) is 6.82. The highest BCUT2D eigenvalue weighted by Crippen LogP contribution is 2.22. The molecule has 0 amide bonds. The van der Waals surface area contributed by atoms with Crippen LogP contribution in [0.2, 0.25) is 5.02 Å². The van der Waals surface area contributed by atoms with Crippen LogP contribution in [0.15, 0.2) is 22.7 Å². The van der Waals surface area contributed by atoms with Gasteiger partial charge in [0.05, 0.1) is 6.61 Å². The van der Waals surface area contributed by atoms with Crippen LogP contribution in [-0.4, -0.2) is 19.3 Å². The summed E-state index contributed by atoms with van der Waals surface area (Å²) in [4.78, 5) is 0. The lowest BCUT2D eigenvalue weighted by Crippen LogP contribution is -2.40. The molecule has 0 radical (unpaired) electrons. The van der Waals surface area contributed by atoms with Gasteiger partial charge in [-0.05, 0) is 30.5 Å². The van der Waals surface area contributed by atoms with Crippen molar-refractivity contribution in [2.24, 2.45) is 5.84 Å². The van der Waals surface area contributed by atoms with Gasteiger partial charge in [-0.25, -0.2) is 0 Å². The lowest BCUT2D eigenvalue weighted by molar-refractivity contribution is 0.112. The monoisotopic (exact) mass is 320 g/mol. The van der Waals surface area contributed by atoms with E-state index in [2.05, 4.69) is 28.3 Å². The van der Waals surface area contributed by atoms with Crippen LogP contribution in [0.25, 0.3) is 0 Å². The molecule has 0 saturated heterocycles. The molecule has 5 heteroatoms. The quantitative estimate of drug-likeness (QED) is 0.461. The van der Waals surface area contributed by atoms with Gasteiger partial charge in [-0.1, -0.05) is 40.5 Å². The maximum atomic E-state index is 6.15. The van der Waals surface area contributed by atoms with Gasteiger partial charge in [0.2, 0.25) is 0 Å². The molecule has 0 aromatic heterocycles. The summed E-state index contributed by atoms with van der Waals surface area (Å²) in [6.45, 7) is 3.43. The normalized spacial score (nSPS) is 12.7. The Morgan fingerprint density at radius 3 is 2.88 bits per heavy atom. The molecule has 17 heavy (non-hydrogen) atoms. The first kappa shape index (κ1) is 14.9. The van der Waals surface area contributed by atoms with Crippen LogP contribution in [0.3, 0.4) is 0 Å². The van der Waals surface area contributed by atoms with Gasteiger partial charge in [0, 0.05) is 22.1 Å². The summed E-state index contributed by atoms with van der Waals surface area (Å²) in [6, 6.07) is 5.94. The number of benzene rings is 1. The molecule has 1 rings (SSSR count). The second-order valence-corrected chi connectivity index (χ2v) is 5.20. The van der Waals surface area contributed by atoms with Gasteiger partial charge in [-0.15, -0.1) is 0 Å². The number of rotatable bonds is 7. The van der Waals surface area contributed by atoms with Crippen molar-refractivity contribution in [1.29, 1.82) is 0 Å². The summed E-state index contributed by atoms with van der Waals surface area (Å²) < 4.78 is 6.45. The predicted molar refractivity (Wildman–Crippen MR) is 75.1 cm³/mol. The van der Waals surface area contributed by atoms with Crippen LogP contribution in [0.5, 0.6) is 0 Å². The maximum absolute atomic E-state index is 6.15. The molecule has 0 saturated carbocycles. The molecular weight excluding hydrogens is 304 g/mol. The minimum absolute atomic E-state index is 0.0835. The van der Waals surface area contributed by atoms with E-state index in [1.54, 1.807) is 0 Å². The molecule has 1 aromatic carbocycles. The zero-order chi connectivity index (χ0) is 12.7. The molecule has 3 nitrogen and oxygen atoms in total. The van der Waals surface area contributed by atoms with Crippen molar-refractivity contribution in [3.05, 3.63) is 33.3 Å². The standard InChI is InChI=1S/C12H18BrClN2O/c1-2-5-17-8-11(16-15)6-9-3-4-10(13)7-12(9)14/h3-4,7,11,16H,2,5-6,8,15H2,1H3. The summed E-state index contributed by atoms with van der Waals surface area (Å²) in [5, 5.41) is 0.745. The maximum Gasteiger partial charge on any atom is 0.0636 e. The Balaban J connectivity index is 2.54. The van der Waals surface area contributed by atoms with E-state index in [1.165, 1.54) is 0 Å². The molecular formula is C12H18BrClN2O. The fourth-order valence-electron chi connectivity index (χ4n) is 1.49. The van der Waals surface area contributed by atoms with Gasteiger partial charge < -0.3 is 4.74 Å². The molecule has 0 bridgehead atoms. The van der Waals surface area contributed by atoms with E-state index >= 15 is 0 Å². The lowest BCUT2D eigenvalue weighted by atomic mass is 10.1. The highest BCUT2D eigenvalue weighted by Gasteiger charge is 2.10. The number of hydrogen-bond acceptors (Lipinski definition) is 3. The topological polar surface area (TPSA) is 47.3 Å². The van der Waals surface area contributed by atoms with E-state index in [-0.39, 0.29) is 6.04 Å². The van der Waals surface area contributed by atoms with Crippen LogP contribution >= 0.6 is 27.5 Å². The van der Waals surface area contributed by atoms with Crippen molar-refractivity contribution in [1.82, 2.24) is 5.43 Å². The summed E-state index contributed by atoms with van der Waals surface area (Å²) in [6.07, 6.45) is 1.77. The Hall–Kier alpha value is -0.130. The molecule has 1 atom stereocenters. The van der Waals surface area contributed by atoms with Crippen molar-refractivity contribution in [2.45, 2.75) is 25.8 Å². The van der Waals surface area contributed by atoms with E-state index < -0.39 is 0 Å². The van der Waals surface area contributed by atoms with Crippen molar-refractivity contribution in [3.63, 3.8) is 0 Å². The molecule has 3 N–H and O–H groups in total. The Kier molecular flexibility index (Phi) is 7.08. The lowest BCUT2D eigenvalue weighted by Gasteiger charge is -2.16. The summed E-state index contributed by atoms with van der Waals surface area (Å²) in [5.74, 6) is 5.50. The number of hydrogen-bond donors (Lipinski definition) is 2. The fraction of sp³-hybridized carbons (Fsp3) is 0.500. The van der Waals surface area contributed by atoms with Crippen molar-refractivity contribution < 1.29 is 4.74 Å². The van der Waals surface area contributed by atoms with Crippen LogP contribution in [0, 0.1) is 0 Å². The van der Waals surface area contributed by atoms with Crippen LogP contribution < -0.4 is 11.3 Å². The highest BCUT2D eigenvalue weighted by molar-refractivity contribution is 9.10. The van der Waals surface area contributed by atoms with Crippen LogP contribution in [0.1, 0.15) is 18.9 Å². The molecule has 0 aliphatic heterocycles. The number of halogens is 2. The van der Waals surface area contributed by atoms with Gasteiger partial charge in [0.25, 0.3) is 0 Å². The van der Waals surface area contributed by atoms with Gasteiger partial charge in [0.1, 0.15) is 0 Å². The highest BCUT2D eigenvalue weighted by atomic mass is 79.9. The largest absolute Gasteiger partial charge is 0.380 e.